The Kier molecular flexibility index (Phi) is 4.88. The van der Waals surface area contributed by atoms with Gasteiger partial charge in [-0.15, -0.1) is 0 Å². The Labute approximate surface area is 147 Å². The maximum Gasteiger partial charge on any atom is 0.325 e. The zero-order valence-corrected chi connectivity index (χ0v) is 14.4. The largest absolute Gasteiger partial charge is 0.497 e. The fourth-order valence-electron chi connectivity index (χ4n) is 2.77. The highest BCUT2D eigenvalue weighted by Gasteiger charge is 2.30. The molecular formula is C19H21N3O3. The van der Waals surface area contributed by atoms with E-state index >= 15 is 0 Å². The van der Waals surface area contributed by atoms with Crippen LogP contribution in [0.2, 0.25) is 0 Å². The zero-order chi connectivity index (χ0) is 17.8. The van der Waals surface area contributed by atoms with Gasteiger partial charge >= 0.3 is 6.03 Å². The van der Waals surface area contributed by atoms with Crippen molar-refractivity contribution in [3.8, 4) is 5.75 Å². The number of carbonyl (C=O) groups excluding carboxylic acids is 2. The molecule has 3 rings (SSSR count). The summed E-state index contributed by atoms with van der Waals surface area (Å²) in [7, 11) is 1.57. The van der Waals surface area contributed by atoms with Crippen LogP contribution in [-0.2, 0) is 4.79 Å². The summed E-state index contributed by atoms with van der Waals surface area (Å²) in [5.41, 5.74) is 2.64. The lowest BCUT2D eigenvalue weighted by Crippen LogP contribution is -2.37. The number of amides is 3. The van der Waals surface area contributed by atoms with Crippen molar-refractivity contribution in [1.29, 1.82) is 0 Å². The Morgan fingerprint density at radius 2 is 1.92 bits per heavy atom. The smallest absolute Gasteiger partial charge is 0.325 e. The third-order valence-electron chi connectivity index (χ3n) is 4.13. The van der Waals surface area contributed by atoms with Gasteiger partial charge in [0.05, 0.1) is 7.11 Å². The molecule has 0 aromatic heterocycles. The first-order valence-electron chi connectivity index (χ1n) is 8.14. The van der Waals surface area contributed by atoms with Crippen LogP contribution in [0, 0.1) is 6.92 Å². The van der Waals surface area contributed by atoms with E-state index in [1.165, 1.54) is 0 Å². The average Bonchev–Trinajstić information content (AvgIpc) is 2.96. The minimum atomic E-state index is -0.229. The second-order valence-electron chi connectivity index (χ2n) is 5.97. The van der Waals surface area contributed by atoms with E-state index in [1.807, 2.05) is 31.2 Å². The van der Waals surface area contributed by atoms with Gasteiger partial charge in [-0.3, -0.25) is 9.69 Å². The highest BCUT2D eigenvalue weighted by Crippen LogP contribution is 2.21. The number of anilines is 2. The van der Waals surface area contributed by atoms with Crippen molar-refractivity contribution < 1.29 is 14.3 Å². The summed E-state index contributed by atoms with van der Waals surface area (Å²) >= 11 is 0. The van der Waals surface area contributed by atoms with E-state index in [0.717, 1.165) is 11.3 Å². The lowest BCUT2D eigenvalue weighted by Gasteiger charge is -2.18. The first kappa shape index (κ1) is 16.8. The molecule has 6 nitrogen and oxygen atoms in total. The maximum absolute atomic E-state index is 12.5. The molecule has 2 aromatic rings. The molecule has 1 aliphatic heterocycles. The van der Waals surface area contributed by atoms with Gasteiger partial charge in [-0.1, -0.05) is 23.8 Å². The molecule has 0 radical (unpaired) electrons. The fourth-order valence-corrected chi connectivity index (χ4v) is 2.77. The second-order valence-corrected chi connectivity index (χ2v) is 5.97. The molecule has 1 fully saturated rings. The molecule has 3 amide bonds. The van der Waals surface area contributed by atoms with Crippen LogP contribution in [0.25, 0.3) is 0 Å². The van der Waals surface area contributed by atoms with E-state index < -0.39 is 0 Å². The summed E-state index contributed by atoms with van der Waals surface area (Å²) in [5.74, 6) is 0.438. The Balaban J connectivity index is 1.60. The second kappa shape index (κ2) is 7.25. The van der Waals surface area contributed by atoms with E-state index in [1.54, 1.807) is 41.2 Å². The molecule has 0 bridgehead atoms. The number of benzene rings is 2. The van der Waals surface area contributed by atoms with Crippen molar-refractivity contribution in [2.45, 2.75) is 6.92 Å². The van der Waals surface area contributed by atoms with Crippen molar-refractivity contribution in [3.63, 3.8) is 0 Å². The summed E-state index contributed by atoms with van der Waals surface area (Å²) in [5, 5.41) is 2.79. The summed E-state index contributed by atoms with van der Waals surface area (Å²) in [6.07, 6.45) is 0. The number of hydrogen-bond donors (Lipinski definition) is 1. The minimum absolute atomic E-state index is 0.0262. The zero-order valence-electron chi connectivity index (χ0n) is 14.4. The third-order valence-corrected chi connectivity index (χ3v) is 4.13. The van der Waals surface area contributed by atoms with Gasteiger partial charge in [-0.2, -0.15) is 0 Å². The molecule has 1 heterocycles. The molecule has 1 saturated heterocycles. The number of nitrogens with zero attached hydrogens (tertiary/aromatic N) is 2. The number of methoxy groups -OCH3 is 1. The van der Waals surface area contributed by atoms with Crippen LogP contribution < -0.4 is 15.0 Å². The Morgan fingerprint density at radius 3 is 2.64 bits per heavy atom. The number of rotatable bonds is 5. The highest BCUT2D eigenvalue weighted by atomic mass is 16.5. The standard InChI is InChI=1S/C19H21N3O3/c1-14-6-8-16(9-7-14)22-11-10-21(19(22)24)13-18(23)20-15-4-3-5-17(12-15)25-2/h3-9,12H,10-11,13H2,1-2H3,(H,20,23). The number of urea groups is 1. The Hall–Kier alpha value is -3.02. The van der Waals surface area contributed by atoms with Crippen LogP contribution in [0.3, 0.4) is 0 Å². The monoisotopic (exact) mass is 339 g/mol. The first-order valence-corrected chi connectivity index (χ1v) is 8.14. The topological polar surface area (TPSA) is 61.9 Å². The molecule has 6 heteroatoms. The van der Waals surface area contributed by atoms with E-state index in [2.05, 4.69) is 5.32 Å². The van der Waals surface area contributed by atoms with Crippen molar-refractivity contribution in [2.24, 2.45) is 0 Å². The lowest BCUT2D eigenvalue weighted by atomic mass is 10.2. The van der Waals surface area contributed by atoms with Gasteiger partial charge in [0.25, 0.3) is 0 Å². The van der Waals surface area contributed by atoms with Crippen molar-refractivity contribution >= 4 is 23.3 Å². The molecule has 0 atom stereocenters. The van der Waals surface area contributed by atoms with Crippen LogP contribution in [-0.4, -0.2) is 43.6 Å². The summed E-state index contributed by atoms with van der Waals surface area (Å²) in [6.45, 7) is 3.13. The van der Waals surface area contributed by atoms with E-state index in [4.69, 9.17) is 4.74 Å². The normalized spacial score (nSPS) is 13.9. The average molecular weight is 339 g/mol. The van der Waals surface area contributed by atoms with Gasteiger partial charge in [-0.05, 0) is 31.2 Å². The third kappa shape index (κ3) is 3.91. The predicted octanol–water partition coefficient (Wildman–Crippen LogP) is 2.88. The molecule has 0 saturated carbocycles. The van der Waals surface area contributed by atoms with Gasteiger partial charge in [0.15, 0.2) is 0 Å². The Morgan fingerprint density at radius 1 is 1.16 bits per heavy atom. The van der Waals surface area contributed by atoms with E-state index in [0.29, 0.717) is 24.5 Å². The molecule has 130 valence electrons. The molecule has 25 heavy (non-hydrogen) atoms. The molecule has 2 aromatic carbocycles. The van der Waals surface area contributed by atoms with Crippen LogP contribution in [0.1, 0.15) is 5.56 Å². The highest BCUT2D eigenvalue weighted by molar-refractivity contribution is 5.99. The summed E-state index contributed by atoms with van der Waals surface area (Å²) in [6, 6.07) is 14.8. The number of carbonyl (C=O) groups is 2. The predicted molar refractivity (Wildman–Crippen MR) is 97.1 cm³/mol. The van der Waals surface area contributed by atoms with Crippen LogP contribution in [0.5, 0.6) is 5.75 Å². The van der Waals surface area contributed by atoms with Crippen molar-refractivity contribution in [3.05, 3.63) is 54.1 Å². The van der Waals surface area contributed by atoms with Gasteiger partial charge in [-0.25, -0.2) is 4.79 Å². The first-order chi connectivity index (χ1) is 12.1. The van der Waals surface area contributed by atoms with Crippen LogP contribution in [0.15, 0.2) is 48.5 Å². The Bertz CT molecular complexity index is 774. The van der Waals surface area contributed by atoms with Crippen molar-refractivity contribution in [1.82, 2.24) is 4.90 Å². The molecule has 0 spiro atoms. The van der Waals surface area contributed by atoms with Gasteiger partial charge in [0, 0.05) is 30.5 Å². The van der Waals surface area contributed by atoms with E-state index in [9.17, 15) is 9.59 Å². The van der Waals surface area contributed by atoms with Gasteiger partial charge < -0.3 is 15.0 Å². The van der Waals surface area contributed by atoms with Crippen LogP contribution >= 0.6 is 0 Å². The minimum Gasteiger partial charge on any atom is -0.497 e. The number of nitrogens with one attached hydrogen (secondary N) is 1. The number of hydrogen-bond acceptors (Lipinski definition) is 3. The molecule has 1 N–H and O–H groups in total. The quantitative estimate of drug-likeness (QED) is 0.911. The fraction of sp³-hybridized carbons (Fsp3) is 0.263. The van der Waals surface area contributed by atoms with Crippen molar-refractivity contribution in [2.75, 3.05) is 37.0 Å². The molecule has 0 unspecified atom stereocenters. The van der Waals surface area contributed by atoms with Gasteiger partial charge in [0.1, 0.15) is 12.3 Å². The number of ether oxygens (including phenoxy) is 1. The van der Waals surface area contributed by atoms with Gasteiger partial charge in [0.2, 0.25) is 5.91 Å². The SMILES string of the molecule is COc1cccc(NC(=O)CN2CCN(c3ccc(C)cc3)C2=O)c1. The van der Waals surface area contributed by atoms with Crippen LogP contribution in [0.4, 0.5) is 16.2 Å². The number of aryl methyl sites for hydroxylation is 1. The molecule has 1 aliphatic rings. The summed E-state index contributed by atoms with van der Waals surface area (Å²) < 4.78 is 5.14. The van der Waals surface area contributed by atoms with E-state index in [-0.39, 0.29) is 18.5 Å². The maximum atomic E-state index is 12.5. The summed E-state index contributed by atoms with van der Waals surface area (Å²) in [4.78, 5) is 28.0. The molecular weight excluding hydrogens is 318 g/mol. The lowest BCUT2D eigenvalue weighted by molar-refractivity contribution is -0.116. The molecule has 0 aliphatic carbocycles.